The standard InChI is InChI=1S/C18H23F3N4O3S.HI/c1-22-17(24-9-16-25-15(10-29-16)18(19,20)21)23-6-5-12-13(27-3)7-11(26-2)8-14(12)28-4;/h7-8,10H,5-6,9H2,1-4H3,(H2,22,23,24);1H. The Morgan fingerprint density at radius 3 is 2.20 bits per heavy atom. The topological polar surface area (TPSA) is 77.0 Å². The fourth-order valence-corrected chi connectivity index (χ4v) is 3.27. The zero-order valence-corrected chi connectivity index (χ0v) is 20.1. The third-order valence-corrected chi connectivity index (χ3v) is 4.81. The van der Waals surface area contributed by atoms with Crippen LogP contribution >= 0.6 is 35.3 Å². The number of benzene rings is 1. The van der Waals surface area contributed by atoms with Gasteiger partial charge in [0.1, 0.15) is 22.3 Å². The minimum atomic E-state index is -4.44. The lowest BCUT2D eigenvalue weighted by Crippen LogP contribution is -2.37. The monoisotopic (exact) mass is 560 g/mol. The molecule has 0 atom stereocenters. The van der Waals surface area contributed by atoms with Crippen molar-refractivity contribution in [2.75, 3.05) is 34.9 Å². The summed E-state index contributed by atoms with van der Waals surface area (Å²) in [6, 6.07) is 3.54. The summed E-state index contributed by atoms with van der Waals surface area (Å²) in [4.78, 5) is 7.65. The van der Waals surface area contributed by atoms with Crippen molar-refractivity contribution in [2.24, 2.45) is 4.99 Å². The summed E-state index contributed by atoms with van der Waals surface area (Å²) in [6.45, 7) is 0.625. The van der Waals surface area contributed by atoms with Crippen molar-refractivity contribution in [3.63, 3.8) is 0 Å². The van der Waals surface area contributed by atoms with Gasteiger partial charge in [-0.15, -0.1) is 35.3 Å². The number of ether oxygens (including phenoxy) is 3. The molecule has 0 saturated carbocycles. The van der Waals surface area contributed by atoms with Crippen LogP contribution in [0.2, 0.25) is 0 Å². The molecule has 0 amide bonds. The number of thiazole rings is 1. The van der Waals surface area contributed by atoms with E-state index in [0.717, 1.165) is 22.3 Å². The maximum atomic E-state index is 12.6. The maximum absolute atomic E-state index is 12.6. The lowest BCUT2D eigenvalue weighted by Gasteiger charge is -2.16. The van der Waals surface area contributed by atoms with Gasteiger partial charge in [0.05, 0.1) is 27.9 Å². The number of aromatic nitrogens is 1. The molecule has 12 heteroatoms. The minimum Gasteiger partial charge on any atom is -0.496 e. The Morgan fingerprint density at radius 1 is 1.10 bits per heavy atom. The Hall–Kier alpha value is -1.96. The van der Waals surface area contributed by atoms with Crippen molar-refractivity contribution < 1.29 is 27.4 Å². The van der Waals surface area contributed by atoms with E-state index in [1.165, 1.54) is 0 Å². The van der Waals surface area contributed by atoms with Gasteiger partial charge in [0.2, 0.25) is 0 Å². The predicted molar refractivity (Wildman–Crippen MR) is 121 cm³/mol. The molecule has 0 aliphatic heterocycles. The fraction of sp³-hybridized carbons (Fsp3) is 0.444. The molecule has 0 aliphatic rings. The zero-order chi connectivity index (χ0) is 21.4. The van der Waals surface area contributed by atoms with Crippen LogP contribution in [0, 0.1) is 0 Å². The van der Waals surface area contributed by atoms with Gasteiger partial charge in [0, 0.05) is 36.7 Å². The van der Waals surface area contributed by atoms with E-state index >= 15 is 0 Å². The van der Waals surface area contributed by atoms with Gasteiger partial charge in [-0.05, 0) is 6.42 Å². The molecule has 1 heterocycles. The largest absolute Gasteiger partial charge is 0.496 e. The van der Waals surface area contributed by atoms with Gasteiger partial charge in [-0.3, -0.25) is 4.99 Å². The first-order valence-corrected chi connectivity index (χ1v) is 9.45. The summed E-state index contributed by atoms with van der Waals surface area (Å²) in [5.74, 6) is 2.33. The molecule has 7 nitrogen and oxygen atoms in total. The molecular weight excluding hydrogens is 536 g/mol. The highest BCUT2D eigenvalue weighted by Crippen LogP contribution is 2.34. The molecule has 0 spiro atoms. The highest BCUT2D eigenvalue weighted by molar-refractivity contribution is 14.0. The average Bonchev–Trinajstić information content (AvgIpc) is 3.19. The highest BCUT2D eigenvalue weighted by Gasteiger charge is 2.33. The van der Waals surface area contributed by atoms with Crippen molar-refractivity contribution >= 4 is 41.3 Å². The Morgan fingerprint density at radius 2 is 1.73 bits per heavy atom. The number of rotatable bonds is 8. The van der Waals surface area contributed by atoms with Crippen LogP contribution in [0.4, 0.5) is 13.2 Å². The fourth-order valence-electron chi connectivity index (χ4n) is 2.53. The van der Waals surface area contributed by atoms with Crippen LogP contribution < -0.4 is 24.8 Å². The third kappa shape index (κ3) is 7.07. The van der Waals surface area contributed by atoms with Crippen molar-refractivity contribution in [1.82, 2.24) is 15.6 Å². The molecule has 1 aromatic heterocycles. The first kappa shape index (κ1) is 26.1. The van der Waals surface area contributed by atoms with Crippen LogP contribution in [0.5, 0.6) is 17.2 Å². The van der Waals surface area contributed by atoms with Gasteiger partial charge in [-0.25, -0.2) is 4.98 Å². The van der Waals surface area contributed by atoms with E-state index in [1.54, 1.807) is 40.5 Å². The molecule has 0 aliphatic carbocycles. The molecule has 30 heavy (non-hydrogen) atoms. The second-order valence-electron chi connectivity index (χ2n) is 5.74. The lowest BCUT2D eigenvalue weighted by molar-refractivity contribution is -0.140. The average molecular weight is 560 g/mol. The number of aliphatic imine (C=N–C) groups is 1. The van der Waals surface area contributed by atoms with Crippen molar-refractivity contribution in [3.05, 3.63) is 33.8 Å². The number of hydrogen-bond donors (Lipinski definition) is 2. The van der Waals surface area contributed by atoms with Crippen LogP contribution in [0.25, 0.3) is 0 Å². The quantitative estimate of drug-likeness (QED) is 0.292. The van der Waals surface area contributed by atoms with E-state index in [2.05, 4.69) is 20.6 Å². The second-order valence-corrected chi connectivity index (χ2v) is 6.68. The minimum absolute atomic E-state index is 0. The molecule has 0 fully saturated rings. The molecule has 0 unspecified atom stereocenters. The first-order chi connectivity index (χ1) is 13.8. The summed E-state index contributed by atoms with van der Waals surface area (Å²) in [5.41, 5.74) is -0.0329. The summed E-state index contributed by atoms with van der Waals surface area (Å²) in [5, 5.41) is 7.37. The molecule has 0 saturated heterocycles. The van der Waals surface area contributed by atoms with Gasteiger partial charge in [-0.2, -0.15) is 13.2 Å². The van der Waals surface area contributed by atoms with Crippen LogP contribution in [0.15, 0.2) is 22.5 Å². The number of guanidine groups is 1. The van der Waals surface area contributed by atoms with Crippen LogP contribution in [0.3, 0.4) is 0 Å². The number of hydrogen-bond acceptors (Lipinski definition) is 6. The lowest BCUT2D eigenvalue weighted by atomic mass is 10.1. The van der Waals surface area contributed by atoms with Gasteiger partial charge in [-0.1, -0.05) is 0 Å². The predicted octanol–water partition coefficient (Wildman–Crippen LogP) is 3.71. The number of nitrogens with one attached hydrogen (secondary N) is 2. The molecule has 2 aromatic rings. The molecule has 2 rings (SSSR count). The molecular formula is C18H24F3IN4O3S. The highest BCUT2D eigenvalue weighted by atomic mass is 127. The smallest absolute Gasteiger partial charge is 0.434 e. The van der Waals surface area contributed by atoms with Crippen LogP contribution in [-0.4, -0.2) is 45.9 Å². The van der Waals surface area contributed by atoms with Crippen molar-refractivity contribution in [2.45, 2.75) is 19.1 Å². The summed E-state index contributed by atoms with van der Waals surface area (Å²) in [7, 11) is 6.27. The summed E-state index contributed by atoms with van der Waals surface area (Å²) in [6.07, 6.45) is -3.88. The number of halogens is 4. The Labute approximate surface area is 194 Å². The number of methoxy groups -OCH3 is 3. The number of alkyl halides is 3. The van der Waals surface area contributed by atoms with Gasteiger partial charge < -0.3 is 24.8 Å². The summed E-state index contributed by atoms with van der Waals surface area (Å²) >= 11 is 0.942. The van der Waals surface area contributed by atoms with Crippen LogP contribution in [-0.2, 0) is 19.1 Å². The van der Waals surface area contributed by atoms with Gasteiger partial charge in [0.15, 0.2) is 11.7 Å². The normalized spacial score (nSPS) is 11.5. The van der Waals surface area contributed by atoms with E-state index in [4.69, 9.17) is 14.2 Å². The van der Waals surface area contributed by atoms with Gasteiger partial charge >= 0.3 is 6.18 Å². The van der Waals surface area contributed by atoms with E-state index < -0.39 is 11.9 Å². The van der Waals surface area contributed by atoms with Crippen molar-refractivity contribution in [1.29, 1.82) is 0 Å². The van der Waals surface area contributed by atoms with Crippen molar-refractivity contribution in [3.8, 4) is 17.2 Å². The number of nitrogens with zero attached hydrogens (tertiary/aromatic N) is 2. The van der Waals surface area contributed by atoms with E-state index in [9.17, 15) is 13.2 Å². The first-order valence-electron chi connectivity index (χ1n) is 8.57. The molecule has 2 N–H and O–H groups in total. The SMILES string of the molecule is CN=C(NCCc1c(OC)cc(OC)cc1OC)NCc1nc(C(F)(F)F)cs1.I. The van der Waals surface area contributed by atoms with E-state index in [-0.39, 0.29) is 30.5 Å². The molecule has 0 radical (unpaired) electrons. The molecule has 0 bridgehead atoms. The molecule has 1 aromatic carbocycles. The Bertz CT molecular complexity index is 821. The van der Waals surface area contributed by atoms with E-state index in [1.807, 2.05) is 0 Å². The zero-order valence-electron chi connectivity index (χ0n) is 16.9. The summed E-state index contributed by atoms with van der Waals surface area (Å²) < 4.78 is 53.9. The Kier molecular flexibility index (Phi) is 10.5. The van der Waals surface area contributed by atoms with Gasteiger partial charge in [0.25, 0.3) is 0 Å². The van der Waals surface area contributed by atoms with Crippen LogP contribution in [0.1, 0.15) is 16.3 Å². The third-order valence-electron chi connectivity index (χ3n) is 3.96. The second kappa shape index (κ2) is 12.0. The van der Waals surface area contributed by atoms with E-state index in [0.29, 0.717) is 41.2 Å². The Balaban J connectivity index is 0.00000450. The maximum Gasteiger partial charge on any atom is 0.434 e. The molecule has 168 valence electrons.